The van der Waals surface area contributed by atoms with Gasteiger partial charge in [-0.3, -0.25) is 4.79 Å². The fourth-order valence-corrected chi connectivity index (χ4v) is 2.68. The Morgan fingerprint density at radius 2 is 2.00 bits per heavy atom. The smallest absolute Gasteiger partial charge is 0.410 e. The zero-order chi connectivity index (χ0) is 15.2. The number of hydrogen-bond donors (Lipinski definition) is 1. The molecule has 21 heavy (non-hydrogen) atoms. The predicted octanol–water partition coefficient (Wildman–Crippen LogP) is 2.90. The molecule has 0 radical (unpaired) electrons. The summed E-state index contributed by atoms with van der Waals surface area (Å²) in [5.41, 5.74) is 0.922. The van der Waals surface area contributed by atoms with Crippen LogP contribution in [0.5, 0.6) is 0 Å². The van der Waals surface area contributed by atoms with Crippen LogP contribution in [0.25, 0.3) is 0 Å². The van der Waals surface area contributed by atoms with Gasteiger partial charge in [-0.1, -0.05) is 37.3 Å². The molecule has 0 unspecified atom stereocenters. The van der Waals surface area contributed by atoms with E-state index in [9.17, 15) is 9.59 Å². The van der Waals surface area contributed by atoms with E-state index >= 15 is 0 Å². The highest BCUT2D eigenvalue weighted by atomic mass is 16.6. The van der Waals surface area contributed by atoms with Crippen LogP contribution in [0.4, 0.5) is 4.79 Å². The van der Waals surface area contributed by atoms with Crippen LogP contribution in [0, 0.1) is 5.92 Å². The summed E-state index contributed by atoms with van der Waals surface area (Å²) < 4.78 is 5.32. The summed E-state index contributed by atoms with van der Waals surface area (Å²) in [6.07, 6.45) is 1.73. The largest absolute Gasteiger partial charge is 0.481 e. The maximum absolute atomic E-state index is 12.2. The third-order valence-corrected chi connectivity index (χ3v) is 3.97. The first kappa shape index (κ1) is 15.4. The van der Waals surface area contributed by atoms with Gasteiger partial charge in [-0.2, -0.15) is 0 Å². The van der Waals surface area contributed by atoms with Gasteiger partial charge in [0, 0.05) is 12.6 Å². The summed E-state index contributed by atoms with van der Waals surface area (Å²) in [4.78, 5) is 24.9. The number of carboxylic acid groups (broad SMARTS) is 1. The van der Waals surface area contributed by atoms with Crippen LogP contribution in [0.3, 0.4) is 0 Å². The van der Waals surface area contributed by atoms with Crippen LogP contribution < -0.4 is 0 Å². The molecule has 0 bridgehead atoms. The molecule has 1 amide bonds. The molecule has 1 fully saturated rings. The van der Waals surface area contributed by atoms with Crippen molar-refractivity contribution in [2.75, 3.05) is 6.54 Å². The molecule has 1 saturated heterocycles. The van der Waals surface area contributed by atoms with E-state index in [1.807, 2.05) is 37.3 Å². The first-order valence-corrected chi connectivity index (χ1v) is 7.32. The molecular formula is C16H21NO4. The lowest BCUT2D eigenvalue weighted by Gasteiger charge is -2.37. The molecule has 0 saturated carbocycles. The van der Waals surface area contributed by atoms with E-state index in [0.717, 1.165) is 12.0 Å². The monoisotopic (exact) mass is 291 g/mol. The van der Waals surface area contributed by atoms with E-state index < -0.39 is 18.0 Å². The molecule has 0 aliphatic carbocycles. The van der Waals surface area contributed by atoms with Crippen molar-refractivity contribution in [2.45, 2.75) is 38.8 Å². The minimum absolute atomic E-state index is 0.0730. The number of carboxylic acids is 1. The molecule has 2 rings (SSSR count). The van der Waals surface area contributed by atoms with Crippen LogP contribution in [0.2, 0.25) is 0 Å². The number of aliphatic carboxylic acids is 1. The molecule has 0 spiro atoms. The molecule has 0 aromatic heterocycles. The van der Waals surface area contributed by atoms with Crippen LogP contribution in [-0.2, 0) is 16.1 Å². The molecule has 1 heterocycles. The highest BCUT2D eigenvalue weighted by Crippen LogP contribution is 2.25. The maximum atomic E-state index is 12.2. The number of benzene rings is 1. The molecule has 114 valence electrons. The summed E-state index contributed by atoms with van der Waals surface area (Å²) in [5, 5.41) is 9.13. The molecule has 1 aliphatic heterocycles. The summed E-state index contributed by atoms with van der Waals surface area (Å²) in [6.45, 7) is 2.45. The summed E-state index contributed by atoms with van der Waals surface area (Å²) in [5.74, 6) is -1.33. The first-order valence-electron chi connectivity index (χ1n) is 7.32. The standard InChI is InChI=1S/C16H21NO4/c1-2-14-9-8-13(15(18)19)10-17(14)16(20)21-11-12-6-4-3-5-7-12/h3-7,13-14H,2,8-11H2,1H3,(H,18,19)/t13-,14+/m1/s1. The van der Waals surface area contributed by atoms with Crippen LogP contribution >= 0.6 is 0 Å². The summed E-state index contributed by atoms with van der Waals surface area (Å²) in [6, 6.07) is 9.53. The average Bonchev–Trinajstić information content (AvgIpc) is 2.52. The van der Waals surface area contributed by atoms with Crippen molar-refractivity contribution in [3.05, 3.63) is 35.9 Å². The molecule has 1 aromatic rings. The number of likely N-dealkylation sites (tertiary alicyclic amines) is 1. The Bertz CT molecular complexity index is 488. The van der Waals surface area contributed by atoms with Gasteiger partial charge in [-0.15, -0.1) is 0 Å². The second-order valence-electron chi connectivity index (χ2n) is 5.37. The number of rotatable bonds is 4. The van der Waals surface area contributed by atoms with E-state index in [2.05, 4.69) is 0 Å². The van der Waals surface area contributed by atoms with Gasteiger partial charge in [-0.25, -0.2) is 4.79 Å². The van der Waals surface area contributed by atoms with Gasteiger partial charge >= 0.3 is 12.1 Å². The van der Waals surface area contributed by atoms with Crippen molar-refractivity contribution in [3.63, 3.8) is 0 Å². The minimum atomic E-state index is -0.842. The minimum Gasteiger partial charge on any atom is -0.481 e. The Hall–Kier alpha value is -2.04. The fraction of sp³-hybridized carbons (Fsp3) is 0.500. The van der Waals surface area contributed by atoms with E-state index in [1.54, 1.807) is 4.90 Å². The van der Waals surface area contributed by atoms with Crippen molar-refractivity contribution in [2.24, 2.45) is 5.92 Å². The molecule has 5 heteroatoms. The van der Waals surface area contributed by atoms with E-state index in [0.29, 0.717) is 12.8 Å². The zero-order valence-corrected chi connectivity index (χ0v) is 12.2. The Morgan fingerprint density at radius 1 is 1.29 bits per heavy atom. The van der Waals surface area contributed by atoms with Crippen molar-refractivity contribution in [1.29, 1.82) is 0 Å². The van der Waals surface area contributed by atoms with Gasteiger partial charge in [0.15, 0.2) is 0 Å². The quantitative estimate of drug-likeness (QED) is 0.926. The topological polar surface area (TPSA) is 66.8 Å². The number of carbonyl (C=O) groups excluding carboxylic acids is 1. The normalized spacial score (nSPS) is 21.9. The van der Waals surface area contributed by atoms with E-state index in [4.69, 9.17) is 9.84 Å². The Labute approximate surface area is 124 Å². The van der Waals surface area contributed by atoms with Crippen molar-refractivity contribution >= 4 is 12.1 Å². The third-order valence-electron chi connectivity index (χ3n) is 3.97. The van der Waals surface area contributed by atoms with Crippen molar-refractivity contribution in [1.82, 2.24) is 4.90 Å². The molecule has 5 nitrogen and oxygen atoms in total. The lowest BCUT2D eigenvalue weighted by Crippen LogP contribution is -2.48. The van der Waals surface area contributed by atoms with Crippen LogP contribution in [0.1, 0.15) is 31.7 Å². The molecule has 1 N–H and O–H groups in total. The van der Waals surface area contributed by atoms with Gasteiger partial charge < -0.3 is 14.7 Å². The first-order chi connectivity index (χ1) is 10.1. The lowest BCUT2D eigenvalue weighted by atomic mass is 9.92. The Balaban J connectivity index is 1.96. The highest BCUT2D eigenvalue weighted by molar-refractivity contribution is 5.73. The second kappa shape index (κ2) is 7.11. The number of piperidine rings is 1. The number of amides is 1. The zero-order valence-electron chi connectivity index (χ0n) is 12.2. The predicted molar refractivity (Wildman–Crippen MR) is 77.8 cm³/mol. The second-order valence-corrected chi connectivity index (χ2v) is 5.37. The average molecular weight is 291 g/mol. The number of hydrogen-bond acceptors (Lipinski definition) is 3. The number of carbonyl (C=O) groups is 2. The molecular weight excluding hydrogens is 270 g/mol. The molecule has 2 atom stereocenters. The number of ether oxygens (including phenoxy) is 1. The number of nitrogens with zero attached hydrogens (tertiary/aromatic N) is 1. The van der Waals surface area contributed by atoms with Gasteiger partial charge in [0.05, 0.1) is 5.92 Å². The van der Waals surface area contributed by atoms with E-state index in [-0.39, 0.29) is 19.2 Å². The van der Waals surface area contributed by atoms with E-state index in [1.165, 1.54) is 0 Å². The van der Waals surface area contributed by atoms with Crippen LogP contribution in [-0.4, -0.2) is 34.7 Å². The van der Waals surface area contributed by atoms with Crippen molar-refractivity contribution in [3.8, 4) is 0 Å². The maximum Gasteiger partial charge on any atom is 0.410 e. The summed E-state index contributed by atoms with van der Waals surface area (Å²) >= 11 is 0. The Kier molecular flexibility index (Phi) is 5.20. The van der Waals surface area contributed by atoms with Crippen LogP contribution in [0.15, 0.2) is 30.3 Å². The van der Waals surface area contributed by atoms with Gasteiger partial charge in [-0.05, 0) is 24.8 Å². The molecule has 1 aromatic carbocycles. The van der Waals surface area contributed by atoms with Gasteiger partial charge in [0.1, 0.15) is 6.61 Å². The summed E-state index contributed by atoms with van der Waals surface area (Å²) in [7, 11) is 0. The van der Waals surface area contributed by atoms with Crippen molar-refractivity contribution < 1.29 is 19.4 Å². The van der Waals surface area contributed by atoms with Gasteiger partial charge in [0.25, 0.3) is 0 Å². The molecule has 1 aliphatic rings. The SMILES string of the molecule is CC[C@H]1CC[C@@H](C(=O)O)CN1C(=O)OCc1ccccc1. The van der Waals surface area contributed by atoms with Gasteiger partial charge in [0.2, 0.25) is 0 Å². The third kappa shape index (κ3) is 3.97. The Morgan fingerprint density at radius 3 is 2.62 bits per heavy atom. The lowest BCUT2D eigenvalue weighted by molar-refractivity contribution is -0.143. The highest BCUT2D eigenvalue weighted by Gasteiger charge is 2.34. The fourth-order valence-electron chi connectivity index (χ4n) is 2.68.